The van der Waals surface area contributed by atoms with Crippen molar-refractivity contribution in [1.82, 2.24) is 29.4 Å². The second kappa shape index (κ2) is 11.9. The molecule has 0 radical (unpaired) electrons. The summed E-state index contributed by atoms with van der Waals surface area (Å²) < 4.78 is 4.39. The van der Waals surface area contributed by atoms with Gasteiger partial charge in [-0.25, -0.2) is 14.3 Å². The monoisotopic (exact) mass is 669 g/mol. The lowest BCUT2D eigenvalue weighted by Crippen LogP contribution is -2.49. The van der Waals surface area contributed by atoms with Crippen molar-refractivity contribution >= 4 is 62.3 Å². The van der Waals surface area contributed by atoms with Crippen LogP contribution in [0, 0.1) is 0 Å². The number of aromatic nitrogens is 5. The Hall–Kier alpha value is -3.37. The maximum atomic E-state index is 14.2. The summed E-state index contributed by atoms with van der Waals surface area (Å²) in [4.78, 5) is 22.2. The van der Waals surface area contributed by atoms with Crippen molar-refractivity contribution in [2.24, 2.45) is 0 Å². The molecule has 1 saturated heterocycles. The zero-order valence-electron chi connectivity index (χ0n) is 21.6. The molecule has 1 fully saturated rings. The smallest absolute Gasteiger partial charge is 0.274 e. The number of carbonyl (C=O) groups excluding carboxylic acids is 1. The molecule has 3 heterocycles. The summed E-state index contributed by atoms with van der Waals surface area (Å²) in [6.45, 7) is 2.51. The number of halogens is 4. The largest absolute Gasteiger partial charge is 0.367 e. The molecule has 2 aromatic heterocycles. The second-order valence-electron chi connectivity index (χ2n) is 9.49. The summed E-state index contributed by atoms with van der Waals surface area (Å²) in [6.07, 6.45) is 3.10. The van der Waals surface area contributed by atoms with Crippen molar-refractivity contribution in [3.05, 3.63) is 110 Å². The first kappa shape index (κ1) is 27.8. The number of hydrogen-bond donors (Lipinski definition) is 0. The molecular weight excluding hydrogens is 649 g/mol. The summed E-state index contributed by atoms with van der Waals surface area (Å²) in [5.41, 5.74) is 4.24. The van der Waals surface area contributed by atoms with Crippen LogP contribution >= 0.6 is 50.7 Å². The molecule has 5 aromatic rings. The third-order valence-corrected chi connectivity index (χ3v) is 8.67. The molecule has 0 spiro atoms. The maximum absolute atomic E-state index is 14.2. The Bertz CT molecular complexity index is 1700. The highest BCUT2D eigenvalue weighted by atomic mass is 79.9. The van der Waals surface area contributed by atoms with Crippen LogP contribution in [0.15, 0.2) is 83.9 Å². The molecule has 12 heteroatoms. The molecule has 0 bridgehead atoms. The van der Waals surface area contributed by atoms with E-state index in [0.717, 1.165) is 27.0 Å². The van der Waals surface area contributed by atoms with Crippen LogP contribution in [0.4, 0.5) is 5.69 Å². The second-order valence-corrected chi connectivity index (χ2v) is 11.6. The van der Waals surface area contributed by atoms with Gasteiger partial charge < -0.3 is 9.80 Å². The number of nitrogens with zero attached hydrogens (tertiary/aromatic N) is 7. The van der Waals surface area contributed by atoms with Crippen LogP contribution in [0.5, 0.6) is 0 Å². The maximum Gasteiger partial charge on any atom is 0.274 e. The van der Waals surface area contributed by atoms with Gasteiger partial charge in [-0.15, -0.1) is 0 Å². The fraction of sp³-hybridized carbons (Fsp3) is 0.172. The zero-order chi connectivity index (χ0) is 28.5. The van der Waals surface area contributed by atoms with Crippen molar-refractivity contribution < 1.29 is 4.79 Å². The molecule has 6 rings (SSSR count). The van der Waals surface area contributed by atoms with E-state index in [1.807, 2.05) is 65.6 Å². The summed E-state index contributed by atoms with van der Waals surface area (Å²) in [7, 11) is 0. The number of carbonyl (C=O) groups is 1. The van der Waals surface area contributed by atoms with E-state index in [9.17, 15) is 4.79 Å². The molecule has 1 aliphatic rings. The van der Waals surface area contributed by atoms with Gasteiger partial charge in [-0.2, -0.15) is 10.2 Å². The predicted molar refractivity (Wildman–Crippen MR) is 165 cm³/mol. The minimum atomic E-state index is -0.166. The molecule has 208 valence electrons. The van der Waals surface area contributed by atoms with Gasteiger partial charge in [0.2, 0.25) is 0 Å². The van der Waals surface area contributed by atoms with E-state index in [2.05, 4.69) is 30.9 Å². The van der Waals surface area contributed by atoms with E-state index < -0.39 is 0 Å². The van der Waals surface area contributed by atoms with Crippen LogP contribution in [0.3, 0.4) is 0 Å². The number of rotatable bonds is 6. The molecule has 0 atom stereocenters. The number of para-hydroxylation sites is 1. The van der Waals surface area contributed by atoms with Crippen molar-refractivity contribution in [1.29, 1.82) is 0 Å². The molecular formula is C29H23BrCl3N7O. The summed E-state index contributed by atoms with van der Waals surface area (Å²) in [5.74, 6) is -0.166. The minimum Gasteiger partial charge on any atom is -0.367 e. The van der Waals surface area contributed by atoms with Crippen molar-refractivity contribution in [2.75, 3.05) is 31.1 Å². The van der Waals surface area contributed by atoms with Crippen molar-refractivity contribution in [2.45, 2.75) is 6.54 Å². The lowest BCUT2D eigenvalue weighted by molar-refractivity contribution is 0.0739. The Labute approximate surface area is 260 Å². The SMILES string of the molecule is O=C(c1nn(-c2ccccc2Cl)c(-c2ccc(Br)cc2)c1Cn1cncn1)N1CCN(c2cccc(Cl)c2Cl)CC1. The van der Waals surface area contributed by atoms with Crippen LogP contribution in [0.2, 0.25) is 15.1 Å². The van der Waals surface area contributed by atoms with Gasteiger partial charge in [-0.05, 0) is 36.4 Å². The molecule has 0 unspecified atom stereocenters. The van der Waals surface area contributed by atoms with Crippen LogP contribution in [0.1, 0.15) is 16.1 Å². The Morgan fingerprint density at radius 3 is 2.27 bits per heavy atom. The van der Waals surface area contributed by atoms with Crippen molar-refractivity contribution in [3.8, 4) is 16.9 Å². The predicted octanol–water partition coefficient (Wildman–Crippen LogP) is 6.86. The van der Waals surface area contributed by atoms with E-state index in [1.165, 1.54) is 6.33 Å². The van der Waals surface area contributed by atoms with E-state index in [0.29, 0.717) is 59.2 Å². The topological polar surface area (TPSA) is 72.1 Å². The third kappa shape index (κ3) is 5.59. The minimum absolute atomic E-state index is 0.166. The Morgan fingerprint density at radius 1 is 0.854 bits per heavy atom. The number of piperazine rings is 1. The summed E-state index contributed by atoms with van der Waals surface area (Å²) in [6, 6.07) is 20.9. The molecule has 3 aromatic carbocycles. The van der Waals surface area contributed by atoms with E-state index in [4.69, 9.17) is 39.9 Å². The number of amides is 1. The highest BCUT2D eigenvalue weighted by molar-refractivity contribution is 9.10. The van der Waals surface area contributed by atoms with E-state index in [-0.39, 0.29) is 5.91 Å². The Balaban J connectivity index is 1.41. The summed E-state index contributed by atoms with van der Waals surface area (Å²) in [5, 5.41) is 10.8. The van der Waals surface area contributed by atoms with Crippen LogP contribution in [-0.4, -0.2) is 61.5 Å². The van der Waals surface area contributed by atoms with Crippen LogP contribution < -0.4 is 4.90 Å². The van der Waals surface area contributed by atoms with E-state index >= 15 is 0 Å². The van der Waals surface area contributed by atoms with Crippen molar-refractivity contribution in [3.63, 3.8) is 0 Å². The van der Waals surface area contributed by atoms with Gasteiger partial charge in [-0.1, -0.05) is 81.1 Å². The molecule has 1 amide bonds. The molecule has 0 saturated carbocycles. The van der Waals surface area contributed by atoms with E-state index in [1.54, 1.807) is 21.8 Å². The fourth-order valence-corrected chi connectivity index (χ4v) is 5.88. The molecule has 1 aliphatic heterocycles. The standard InChI is InChI=1S/C29H23BrCl3N7O/c30-20-10-8-19(9-11-20)28-21(16-39-18-34-17-35-39)27(36-40(28)24-6-2-1-4-22(24)31)29(41)38-14-12-37(13-15-38)25-7-3-5-23(32)26(25)33/h1-11,17-18H,12-16H2. The average Bonchev–Trinajstić information content (AvgIpc) is 3.63. The van der Waals surface area contributed by atoms with Gasteiger partial charge in [0.05, 0.1) is 38.7 Å². The lowest BCUT2D eigenvalue weighted by Gasteiger charge is -2.36. The van der Waals surface area contributed by atoms with Crippen LogP contribution in [0.25, 0.3) is 16.9 Å². The third-order valence-electron chi connectivity index (χ3n) is 7.01. The van der Waals surface area contributed by atoms with Crippen LogP contribution in [-0.2, 0) is 6.54 Å². The Kier molecular flexibility index (Phi) is 8.03. The molecule has 0 N–H and O–H groups in total. The molecule has 41 heavy (non-hydrogen) atoms. The highest BCUT2D eigenvalue weighted by Crippen LogP contribution is 2.35. The quantitative estimate of drug-likeness (QED) is 0.197. The fourth-order valence-electron chi connectivity index (χ4n) is 4.99. The molecule has 0 aliphatic carbocycles. The summed E-state index contributed by atoms with van der Waals surface area (Å²) >= 11 is 22.9. The number of anilines is 1. The first-order chi connectivity index (χ1) is 19.9. The van der Waals surface area contributed by atoms with Gasteiger partial charge in [0.25, 0.3) is 5.91 Å². The first-order valence-corrected chi connectivity index (χ1v) is 14.8. The average molecular weight is 672 g/mol. The van der Waals surface area contributed by atoms with Gasteiger partial charge in [0.15, 0.2) is 5.69 Å². The highest BCUT2D eigenvalue weighted by Gasteiger charge is 2.31. The molecule has 8 nitrogen and oxygen atoms in total. The Morgan fingerprint density at radius 2 is 1.56 bits per heavy atom. The first-order valence-electron chi connectivity index (χ1n) is 12.8. The van der Waals surface area contributed by atoms with Gasteiger partial charge in [0.1, 0.15) is 12.7 Å². The van der Waals surface area contributed by atoms with Gasteiger partial charge >= 0.3 is 0 Å². The normalized spacial score (nSPS) is 13.6. The number of benzene rings is 3. The van der Waals surface area contributed by atoms with Gasteiger partial charge in [0, 0.05) is 41.8 Å². The van der Waals surface area contributed by atoms with Gasteiger partial charge in [-0.3, -0.25) is 4.79 Å². The lowest BCUT2D eigenvalue weighted by atomic mass is 10.0. The number of hydrogen-bond acceptors (Lipinski definition) is 5. The zero-order valence-corrected chi connectivity index (χ0v) is 25.4.